The molecule has 0 amide bonds. The molecule has 0 saturated carbocycles. The largest absolute Gasteiger partial charge is 0.255 e. The van der Waals surface area contributed by atoms with Crippen LogP contribution in [0.3, 0.4) is 0 Å². The Morgan fingerprint density at radius 1 is 1.17 bits per heavy atom. The fourth-order valence-corrected chi connectivity index (χ4v) is 2.22. The molecule has 0 fully saturated rings. The van der Waals surface area contributed by atoms with Crippen molar-refractivity contribution in [3.05, 3.63) is 53.8 Å². The van der Waals surface area contributed by atoms with E-state index in [9.17, 15) is 8.60 Å². The van der Waals surface area contributed by atoms with Crippen LogP contribution in [-0.4, -0.2) is 10.5 Å². The predicted molar refractivity (Wildman–Crippen MR) is 68.9 cm³/mol. The quantitative estimate of drug-likeness (QED) is 0.831. The van der Waals surface area contributed by atoms with Gasteiger partial charge in [-0.05, 0) is 23.8 Å². The van der Waals surface area contributed by atoms with Gasteiger partial charge in [0.25, 0.3) is 0 Å². The van der Waals surface area contributed by atoms with Crippen LogP contribution in [0.5, 0.6) is 0 Å². The van der Waals surface area contributed by atoms with Gasteiger partial charge in [0.15, 0.2) is 0 Å². The third-order valence-electron chi connectivity index (χ3n) is 2.62. The van der Waals surface area contributed by atoms with Gasteiger partial charge in [0.2, 0.25) is 0 Å². The highest BCUT2D eigenvalue weighted by Crippen LogP contribution is 2.25. The Bertz CT molecular complexity index is 644. The zero-order valence-electron chi connectivity index (χ0n) is 9.68. The summed E-state index contributed by atoms with van der Waals surface area (Å²) < 4.78 is 24.7. The number of hydrogen-bond donors (Lipinski definition) is 0. The van der Waals surface area contributed by atoms with Crippen molar-refractivity contribution in [1.29, 1.82) is 5.26 Å². The molecule has 0 spiro atoms. The van der Waals surface area contributed by atoms with Crippen molar-refractivity contribution < 1.29 is 8.60 Å². The molecular weight excluding hydrogens is 249 g/mol. The van der Waals surface area contributed by atoms with Crippen molar-refractivity contribution in [3.63, 3.8) is 0 Å². The van der Waals surface area contributed by atoms with E-state index in [4.69, 9.17) is 5.26 Å². The van der Waals surface area contributed by atoms with Crippen LogP contribution in [0.4, 0.5) is 4.39 Å². The summed E-state index contributed by atoms with van der Waals surface area (Å²) in [6, 6.07) is 13.3. The summed E-state index contributed by atoms with van der Waals surface area (Å²) in [5, 5.41) is 8.96. The molecule has 18 heavy (non-hydrogen) atoms. The number of nitriles is 1. The second-order valence-electron chi connectivity index (χ2n) is 3.75. The molecule has 2 aromatic carbocycles. The number of benzene rings is 2. The highest BCUT2D eigenvalue weighted by atomic mass is 32.2. The van der Waals surface area contributed by atoms with Gasteiger partial charge in [0, 0.05) is 27.5 Å². The molecule has 0 radical (unpaired) electrons. The first-order chi connectivity index (χ1) is 8.63. The third kappa shape index (κ3) is 2.31. The second kappa shape index (κ2) is 5.11. The molecule has 2 nitrogen and oxygen atoms in total. The van der Waals surface area contributed by atoms with Crippen molar-refractivity contribution in [3.8, 4) is 17.2 Å². The lowest BCUT2D eigenvalue weighted by Gasteiger charge is -2.05. The molecule has 0 aliphatic rings. The maximum absolute atomic E-state index is 13.5. The van der Waals surface area contributed by atoms with E-state index in [0.29, 0.717) is 10.5 Å². The normalized spacial score (nSPS) is 11.8. The van der Waals surface area contributed by atoms with E-state index in [2.05, 4.69) is 0 Å². The smallest absolute Gasteiger partial charge is 0.141 e. The van der Waals surface area contributed by atoms with E-state index in [0.717, 1.165) is 5.56 Å². The molecule has 0 heterocycles. The molecule has 0 aliphatic heterocycles. The van der Waals surface area contributed by atoms with Gasteiger partial charge in [0.05, 0.1) is 5.56 Å². The molecule has 2 aromatic rings. The van der Waals surface area contributed by atoms with Crippen LogP contribution in [-0.2, 0) is 10.8 Å². The summed E-state index contributed by atoms with van der Waals surface area (Å²) >= 11 is 0. The van der Waals surface area contributed by atoms with Gasteiger partial charge in [-0.1, -0.05) is 24.3 Å². The minimum Gasteiger partial charge on any atom is -0.255 e. The SMILES string of the molecule is CS(=O)c1ccc(-c2cccc(F)c2C#N)cc1. The molecule has 0 aliphatic carbocycles. The van der Waals surface area contributed by atoms with Crippen LogP contribution >= 0.6 is 0 Å². The topological polar surface area (TPSA) is 40.9 Å². The minimum atomic E-state index is -1.04. The highest BCUT2D eigenvalue weighted by molar-refractivity contribution is 7.84. The Morgan fingerprint density at radius 3 is 2.39 bits per heavy atom. The van der Waals surface area contributed by atoms with Crippen LogP contribution in [0.25, 0.3) is 11.1 Å². The average Bonchev–Trinajstić information content (AvgIpc) is 2.38. The Balaban J connectivity index is 2.53. The standard InChI is InChI=1S/C14H10FNOS/c1-18(17)11-7-5-10(6-8-11)12-3-2-4-14(15)13(12)9-16/h2-8H,1H3. The van der Waals surface area contributed by atoms with Crippen LogP contribution in [0.1, 0.15) is 5.56 Å². The van der Waals surface area contributed by atoms with Gasteiger partial charge < -0.3 is 0 Å². The Hall–Kier alpha value is -1.99. The number of nitrogens with zero attached hydrogens (tertiary/aromatic N) is 1. The maximum atomic E-state index is 13.5. The van der Waals surface area contributed by atoms with Crippen molar-refractivity contribution in [2.75, 3.05) is 6.26 Å². The van der Waals surface area contributed by atoms with E-state index >= 15 is 0 Å². The van der Waals surface area contributed by atoms with E-state index in [1.165, 1.54) is 6.07 Å². The number of rotatable bonds is 2. The first kappa shape index (κ1) is 12.5. The lowest BCUT2D eigenvalue weighted by molar-refractivity contribution is 0.624. The summed E-state index contributed by atoms with van der Waals surface area (Å²) in [6.07, 6.45) is 1.60. The Labute approximate surface area is 107 Å². The van der Waals surface area contributed by atoms with Crippen LogP contribution in [0.15, 0.2) is 47.4 Å². The van der Waals surface area contributed by atoms with Crippen molar-refractivity contribution >= 4 is 10.8 Å². The lowest BCUT2D eigenvalue weighted by Crippen LogP contribution is -1.91. The third-order valence-corrected chi connectivity index (χ3v) is 3.56. The fraction of sp³-hybridized carbons (Fsp3) is 0.0714. The molecule has 1 atom stereocenters. The second-order valence-corrected chi connectivity index (χ2v) is 5.13. The molecular formula is C14H10FNOS. The molecule has 1 unspecified atom stereocenters. The summed E-state index contributed by atoms with van der Waals surface area (Å²) in [5.41, 5.74) is 1.31. The molecule has 0 bridgehead atoms. The highest BCUT2D eigenvalue weighted by Gasteiger charge is 2.09. The molecule has 0 saturated heterocycles. The molecule has 90 valence electrons. The zero-order chi connectivity index (χ0) is 13.1. The molecule has 0 aromatic heterocycles. The van der Waals surface area contributed by atoms with Gasteiger partial charge in [-0.25, -0.2) is 4.39 Å². The van der Waals surface area contributed by atoms with Crippen LogP contribution < -0.4 is 0 Å². The summed E-state index contributed by atoms with van der Waals surface area (Å²) in [7, 11) is -1.04. The fourth-order valence-electron chi connectivity index (χ4n) is 1.70. The van der Waals surface area contributed by atoms with Gasteiger partial charge in [0.1, 0.15) is 11.9 Å². The molecule has 4 heteroatoms. The summed E-state index contributed by atoms with van der Waals surface area (Å²) in [5.74, 6) is -0.529. The van der Waals surface area contributed by atoms with Crippen LogP contribution in [0.2, 0.25) is 0 Å². The zero-order valence-corrected chi connectivity index (χ0v) is 10.5. The Morgan fingerprint density at radius 2 is 1.83 bits per heavy atom. The first-order valence-electron chi connectivity index (χ1n) is 5.26. The van der Waals surface area contributed by atoms with Gasteiger partial charge in [-0.3, -0.25) is 4.21 Å². The summed E-state index contributed by atoms with van der Waals surface area (Å²) in [4.78, 5) is 0.702. The minimum absolute atomic E-state index is 0.0304. The molecule has 2 rings (SSSR count). The predicted octanol–water partition coefficient (Wildman–Crippen LogP) is 3.10. The monoisotopic (exact) mass is 259 g/mol. The van der Waals surface area contributed by atoms with E-state index in [-0.39, 0.29) is 5.56 Å². The summed E-state index contributed by atoms with van der Waals surface area (Å²) in [6.45, 7) is 0. The number of hydrogen-bond acceptors (Lipinski definition) is 2. The molecule has 0 N–H and O–H groups in total. The van der Waals surface area contributed by atoms with Gasteiger partial charge >= 0.3 is 0 Å². The number of halogens is 1. The van der Waals surface area contributed by atoms with Crippen molar-refractivity contribution in [1.82, 2.24) is 0 Å². The first-order valence-corrected chi connectivity index (χ1v) is 6.82. The maximum Gasteiger partial charge on any atom is 0.141 e. The van der Waals surface area contributed by atoms with Crippen LogP contribution in [0, 0.1) is 17.1 Å². The van der Waals surface area contributed by atoms with E-state index in [1.807, 2.05) is 6.07 Å². The van der Waals surface area contributed by atoms with Crippen molar-refractivity contribution in [2.45, 2.75) is 4.90 Å². The lowest BCUT2D eigenvalue weighted by atomic mass is 10.0. The van der Waals surface area contributed by atoms with Gasteiger partial charge in [-0.15, -0.1) is 0 Å². The van der Waals surface area contributed by atoms with Crippen molar-refractivity contribution in [2.24, 2.45) is 0 Å². The van der Waals surface area contributed by atoms with Gasteiger partial charge in [-0.2, -0.15) is 5.26 Å². The van der Waals surface area contributed by atoms with E-state index in [1.54, 1.807) is 42.7 Å². The van der Waals surface area contributed by atoms with E-state index < -0.39 is 16.6 Å². The average molecular weight is 259 g/mol. The Kier molecular flexibility index (Phi) is 3.54.